The van der Waals surface area contributed by atoms with Crippen LogP contribution in [-0.2, 0) is 26.2 Å². The van der Waals surface area contributed by atoms with Crippen LogP contribution in [0, 0.1) is 24.2 Å². The Labute approximate surface area is 413 Å². The first-order valence-corrected chi connectivity index (χ1v) is 23.6. The summed E-state index contributed by atoms with van der Waals surface area (Å²) in [7, 11) is 7.88. The molecule has 2 heterocycles. The molecule has 0 spiro atoms. The maximum absolute atomic E-state index is 12.8. The molecule has 0 saturated carbocycles. The highest BCUT2D eigenvalue weighted by Gasteiger charge is 2.28. The first kappa shape index (κ1) is 52.3. The van der Waals surface area contributed by atoms with Gasteiger partial charge in [-0.3, -0.25) is 19.4 Å². The molecule has 0 aliphatic carbocycles. The molecule has 8 rings (SSSR count). The van der Waals surface area contributed by atoms with Crippen molar-refractivity contribution in [2.45, 2.75) is 66.0 Å². The van der Waals surface area contributed by atoms with E-state index in [9.17, 15) is 9.59 Å². The summed E-state index contributed by atoms with van der Waals surface area (Å²) in [5.74, 6) is 12.2. The molecule has 68 heavy (non-hydrogen) atoms. The van der Waals surface area contributed by atoms with Gasteiger partial charge in [0.1, 0.15) is 23.0 Å². The van der Waals surface area contributed by atoms with Crippen LogP contribution >= 0.6 is 15.9 Å². The third-order valence-corrected chi connectivity index (χ3v) is 10.7. The molecule has 2 aliphatic heterocycles. The van der Waals surface area contributed by atoms with Crippen molar-refractivity contribution in [2.24, 2.45) is 0 Å². The minimum atomic E-state index is 0.0717. The van der Waals surface area contributed by atoms with Crippen molar-refractivity contribution in [1.29, 1.82) is 0 Å². The van der Waals surface area contributed by atoms with Crippen molar-refractivity contribution < 1.29 is 19.1 Å². The molecule has 352 valence electrons. The fourth-order valence-corrected chi connectivity index (χ4v) is 7.64. The van der Waals surface area contributed by atoms with Gasteiger partial charge in [0.25, 0.3) is 11.8 Å². The Kier molecular flexibility index (Phi) is 20.5. The van der Waals surface area contributed by atoms with E-state index in [0.29, 0.717) is 44.8 Å². The quantitative estimate of drug-likeness (QED) is 0.122. The fourth-order valence-electron chi connectivity index (χ4n) is 7.23. The molecular formula is C58H64BrN5O4. The van der Waals surface area contributed by atoms with E-state index in [4.69, 9.17) is 15.9 Å². The second kappa shape index (κ2) is 26.6. The Bertz CT molecular complexity index is 2630. The van der Waals surface area contributed by atoms with Crippen LogP contribution < -0.4 is 14.8 Å². The van der Waals surface area contributed by atoms with Crippen molar-refractivity contribution in [3.05, 3.63) is 189 Å². The van der Waals surface area contributed by atoms with Crippen molar-refractivity contribution in [3.63, 3.8) is 0 Å². The first-order chi connectivity index (χ1) is 32.7. The van der Waals surface area contributed by atoms with Gasteiger partial charge in [0.15, 0.2) is 0 Å². The molecule has 0 saturated heterocycles. The number of hydrogen-bond donors (Lipinski definition) is 1. The SMILES string of the molecule is C#CCN(C)C.CC(C)NC(C)C.CN(C)CC#Cc1ccc2c(c1)CN(Cc1ccc(Oc3ccccc3)cc1)C2=O.O=C1c2ccc(Br)cc2CN1Cc1ccc(Oc2ccccc2)cc1. The minimum Gasteiger partial charge on any atom is -0.457 e. The second-order valence-electron chi connectivity index (χ2n) is 17.6. The van der Waals surface area contributed by atoms with Crippen LogP contribution in [0.2, 0.25) is 0 Å². The van der Waals surface area contributed by atoms with E-state index in [-0.39, 0.29) is 11.8 Å². The second-order valence-corrected chi connectivity index (χ2v) is 18.5. The number of nitrogens with one attached hydrogen (secondary N) is 1. The van der Waals surface area contributed by atoms with E-state index in [2.05, 4.69) is 66.7 Å². The van der Waals surface area contributed by atoms with E-state index in [0.717, 1.165) is 73.0 Å². The Hall–Kier alpha value is -6.66. The first-order valence-electron chi connectivity index (χ1n) is 22.8. The van der Waals surface area contributed by atoms with Crippen LogP contribution in [0.1, 0.15) is 76.2 Å². The lowest BCUT2D eigenvalue weighted by Crippen LogP contribution is -2.29. The lowest BCUT2D eigenvalue weighted by atomic mass is 10.1. The smallest absolute Gasteiger partial charge is 0.254 e. The minimum absolute atomic E-state index is 0.0717. The third-order valence-electron chi connectivity index (χ3n) is 10.2. The fraction of sp³-hybridized carbons (Fsp3) is 0.276. The zero-order chi connectivity index (χ0) is 49.0. The van der Waals surface area contributed by atoms with Crippen LogP contribution in [0.5, 0.6) is 23.0 Å². The average Bonchev–Trinajstić information content (AvgIpc) is 3.78. The summed E-state index contributed by atoms with van der Waals surface area (Å²) < 4.78 is 12.6. The lowest BCUT2D eigenvalue weighted by Gasteiger charge is -2.16. The van der Waals surface area contributed by atoms with Crippen molar-refractivity contribution >= 4 is 27.7 Å². The van der Waals surface area contributed by atoms with Crippen LogP contribution in [0.3, 0.4) is 0 Å². The predicted molar refractivity (Wildman–Crippen MR) is 280 cm³/mol. The van der Waals surface area contributed by atoms with Gasteiger partial charge in [-0.05, 0) is 135 Å². The molecule has 6 aromatic carbocycles. The highest BCUT2D eigenvalue weighted by molar-refractivity contribution is 9.10. The molecule has 10 heteroatoms. The Morgan fingerprint density at radius 3 is 1.41 bits per heavy atom. The molecule has 6 aromatic rings. The maximum Gasteiger partial charge on any atom is 0.254 e. The van der Waals surface area contributed by atoms with Gasteiger partial charge in [0, 0.05) is 59.4 Å². The zero-order valence-electron chi connectivity index (χ0n) is 40.6. The van der Waals surface area contributed by atoms with Gasteiger partial charge in [-0.25, -0.2) is 0 Å². The van der Waals surface area contributed by atoms with Gasteiger partial charge in [-0.1, -0.05) is 122 Å². The Morgan fingerprint density at radius 2 is 1.01 bits per heavy atom. The number of nitrogens with zero attached hydrogens (tertiary/aromatic N) is 4. The van der Waals surface area contributed by atoms with Gasteiger partial charge >= 0.3 is 0 Å². The lowest BCUT2D eigenvalue weighted by molar-refractivity contribution is 0.0759. The van der Waals surface area contributed by atoms with Crippen molar-refractivity contribution in [3.8, 4) is 47.2 Å². The number of amides is 2. The van der Waals surface area contributed by atoms with E-state index < -0.39 is 0 Å². The molecule has 1 N–H and O–H groups in total. The summed E-state index contributed by atoms with van der Waals surface area (Å²) in [5.41, 5.74) is 6.80. The average molecular weight is 975 g/mol. The van der Waals surface area contributed by atoms with Gasteiger partial charge in [0.05, 0.1) is 13.1 Å². The van der Waals surface area contributed by atoms with E-state index in [1.54, 1.807) is 0 Å². The summed E-state index contributed by atoms with van der Waals surface area (Å²) >= 11 is 3.46. The summed E-state index contributed by atoms with van der Waals surface area (Å²) in [6.07, 6.45) is 4.94. The standard InChI is InChI=1S/C26H24N2O2.C21H16BrNO2.C6H15N.C5H9N/c1-27(2)16-6-7-20-12-15-25-22(17-20)19-28(26(25)29)18-21-10-13-24(14-11-21)30-23-8-4-3-5-9-23;22-17-8-11-20-16(12-17)14-23(21(20)24)13-15-6-9-19(10-7-15)25-18-4-2-1-3-5-18;1-5(2)7-6(3)4;1-4-5-6(2)3/h3-5,8-15,17H,16,18-19H2,1-2H3;1-12H,13-14H2;5-7H,1-4H3;1H,5H2,2-3H3. The predicted octanol–water partition coefficient (Wildman–Crippen LogP) is 11.5. The van der Waals surface area contributed by atoms with Crippen LogP contribution in [-0.4, -0.2) is 84.8 Å². The molecule has 0 bridgehead atoms. The summed E-state index contributed by atoms with van der Waals surface area (Å²) in [4.78, 5) is 33.0. The van der Waals surface area contributed by atoms with Gasteiger partial charge in [-0.15, -0.1) is 6.42 Å². The molecule has 2 aliphatic rings. The molecule has 0 atom stereocenters. The zero-order valence-corrected chi connectivity index (χ0v) is 42.2. The maximum atomic E-state index is 12.8. The summed E-state index contributed by atoms with van der Waals surface area (Å²) in [6.45, 7) is 12.5. The summed E-state index contributed by atoms with van der Waals surface area (Å²) in [5, 5.41) is 3.31. The van der Waals surface area contributed by atoms with Crippen LogP contribution in [0.4, 0.5) is 0 Å². The van der Waals surface area contributed by atoms with Crippen LogP contribution in [0.15, 0.2) is 150 Å². The number of ether oxygens (including phenoxy) is 2. The highest BCUT2D eigenvalue weighted by atomic mass is 79.9. The van der Waals surface area contributed by atoms with E-state index in [1.807, 2.05) is 193 Å². The van der Waals surface area contributed by atoms with E-state index >= 15 is 0 Å². The number of rotatable bonds is 12. The summed E-state index contributed by atoms with van der Waals surface area (Å²) in [6, 6.07) is 48.1. The largest absolute Gasteiger partial charge is 0.457 e. The number of benzene rings is 6. The monoisotopic (exact) mass is 973 g/mol. The van der Waals surface area contributed by atoms with Gasteiger partial charge in [-0.2, -0.15) is 0 Å². The topological polar surface area (TPSA) is 77.6 Å². The van der Waals surface area contributed by atoms with Gasteiger partial charge in [0.2, 0.25) is 0 Å². The molecule has 9 nitrogen and oxygen atoms in total. The molecular weight excluding hydrogens is 911 g/mol. The van der Waals surface area contributed by atoms with Crippen LogP contribution in [0.25, 0.3) is 0 Å². The number of terminal acetylenes is 1. The molecule has 2 amide bonds. The molecule has 0 aromatic heterocycles. The molecule has 0 radical (unpaired) electrons. The number of fused-ring (bicyclic) bond motifs is 2. The number of carbonyl (C=O) groups is 2. The molecule has 0 fully saturated rings. The third kappa shape index (κ3) is 17.2. The highest BCUT2D eigenvalue weighted by Crippen LogP contribution is 2.29. The number of carbonyl (C=O) groups excluding carboxylic acids is 2. The molecule has 0 unspecified atom stereocenters. The number of halogens is 1. The number of para-hydroxylation sites is 2. The Balaban J connectivity index is 0.000000204. The number of hydrogen-bond acceptors (Lipinski definition) is 7. The van der Waals surface area contributed by atoms with Crippen molar-refractivity contribution in [2.75, 3.05) is 41.3 Å². The Morgan fingerprint density at radius 1 is 0.588 bits per heavy atom. The van der Waals surface area contributed by atoms with Crippen molar-refractivity contribution in [1.82, 2.24) is 24.9 Å². The van der Waals surface area contributed by atoms with E-state index in [1.165, 1.54) is 0 Å². The normalized spacial score (nSPS) is 12.2. The van der Waals surface area contributed by atoms with Gasteiger partial charge < -0.3 is 24.6 Å².